The summed E-state index contributed by atoms with van der Waals surface area (Å²) >= 11 is 0. The lowest BCUT2D eigenvalue weighted by Gasteiger charge is -2.07. The first-order valence-corrected chi connectivity index (χ1v) is 7.47. The van der Waals surface area contributed by atoms with E-state index in [-0.39, 0.29) is 18.7 Å². The summed E-state index contributed by atoms with van der Waals surface area (Å²) in [4.78, 5) is 0. The average Bonchev–Trinajstić information content (AvgIpc) is 2.28. The van der Waals surface area contributed by atoms with Gasteiger partial charge in [-0.1, -0.05) is 0 Å². The number of nitrogens with one attached hydrogen (secondary N) is 2. The van der Waals surface area contributed by atoms with Crippen molar-refractivity contribution in [1.82, 2.24) is 10.0 Å². The van der Waals surface area contributed by atoms with Gasteiger partial charge in [-0.2, -0.15) is 0 Å². The minimum atomic E-state index is -3.21. The van der Waals surface area contributed by atoms with E-state index in [9.17, 15) is 21.6 Å². The number of hydrogen-bond acceptors (Lipinski definition) is 3. The van der Waals surface area contributed by atoms with Crippen LogP contribution in [0.1, 0.15) is 12.0 Å². The van der Waals surface area contributed by atoms with Crippen LogP contribution < -0.4 is 10.0 Å². The molecule has 19 heavy (non-hydrogen) atoms. The van der Waals surface area contributed by atoms with Crippen LogP contribution in [0.5, 0.6) is 0 Å². The van der Waals surface area contributed by atoms with Crippen LogP contribution >= 0.6 is 0 Å². The van der Waals surface area contributed by atoms with Gasteiger partial charge < -0.3 is 5.32 Å². The maximum absolute atomic E-state index is 13.2. The molecule has 4 nitrogen and oxygen atoms in total. The molecule has 0 fully saturated rings. The van der Waals surface area contributed by atoms with E-state index in [1.54, 1.807) is 0 Å². The molecule has 108 valence electrons. The molecule has 0 heterocycles. The van der Waals surface area contributed by atoms with Crippen LogP contribution in [0.25, 0.3) is 0 Å². The molecular weight excluding hydrogens is 281 g/mol. The van der Waals surface area contributed by atoms with Crippen LogP contribution in [0.15, 0.2) is 12.1 Å². The zero-order valence-corrected chi connectivity index (χ0v) is 11.2. The molecule has 0 saturated heterocycles. The average molecular weight is 296 g/mol. The highest BCUT2D eigenvalue weighted by atomic mass is 32.2. The molecule has 0 amide bonds. The van der Waals surface area contributed by atoms with Crippen LogP contribution in [-0.4, -0.2) is 27.8 Å². The monoisotopic (exact) mass is 296 g/mol. The fraction of sp³-hybridized carbons (Fsp3) is 0.455. The van der Waals surface area contributed by atoms with Gasteiger partial charge in [0.05, 0.1) is 6.26 Å². The summed E-state index contributed by atoms with van der Waals surface area (Å²) in [5, 5.41) is 2.81. The Bertz CT molecular complexity index is 535. The first-order chi connectivity index (χ1) is 8.79. The second kappa shape index (κ2) is 6.88. The Hall–Kier alpha value is -1.12. The van der Waals surface area contributed by atoms with Gasteiger partial charge in [-0.25, -0.2) is 26.3 Å². The van der Waals surface area contributed by atoms with E-state index in [1.807, 2.05) is 0 Å². The number of halogens is 3. The van der Waals surface area contributed by atoms with Crippen molar-refractivity contribution in [2.45, 2.75) is 13.0 Å². The van der Waals surface area contributed by atoms with Gasteiger partial charge in [0.2, 0.25) is 10.0 Å². The predicted molar refractivity (Wildman–Crippen MR) is 65.5 cm³/mol. The van der Waals surface area contributed by atoms with Gasteiger partial charge in [-0.05, 0) is 19.0 Å². The number of sulfonamides is 1. The Labute approximate surface area is 110 Å². The first-order valence-electron chi connectivity index (χ1n) is 5.58. The summed E-state index contributed by atoms with van der Waals surface area (Å²) in [6.07, 6.45) is 1.55. The number of hydrogen-bond donors (Lipinski definition) is 2. The van der Waals surface area contributed by atoms with Gasteiger partial charge in [0, 0.05) is 24.7 Å². The third-order valence-electron chi connectivity index (χ3n) is 2.30. The van der Waals surface area contributed by atoms with E-state index in [2.05, 4.69) is 10.0 Å². The van der Waals surface area contributed by atoms with E-state index in [1.165, 1.54) is 0 Å². The molecule has 0 bridgehead atoms. The van der Waals surface area contributed by atoms with Crippen molar-refractivity contribution in [3.63, 3.8) is 0 Å². The molecule has 0 spiro atoms. The SMILES string of the molecule is CS(=O)(=O)NCCCNCc1cc(F)c(F)cc1F. The molecule has 0 atom stereocenters. The molecule has 0 aliphatic carbocycles. The van der Waals surface area contributed by atoms with Crippen molar-refractivity contribution in [3.05, 3.63) is 35.1 Å². The van der Waals surface area contributed by atoms with E-state index >= 15 is 0 Å². The quantitative estimate of drug-likeness (QED) is 0.586. The largest absolute Gasteiger partial charge is 0.313 e. The Morgan fingerprint density at radius 3 is 2.32 bits per heavy atom. The summed E-state index contributed by atoms with van der Waals surface area (Å²) in [6, 6.07) is 1.30. The summed E-state index contributed by atoms with van der Waals surface area (Å²) in [5.41, 5.74) is 0.0231. The van der Waals surface area contributed by atoms with Crippen LogP contribution in [0.4, 0.5) is 13.2 Å². The fourth-order valence-corrected chi connectivity index (χ4v) is 1.91. The van der Waals surface area contributed by atoms with Crippen molar-refractivity contribution in [1.29, 1.82) is 0 Å². The Morgan fingerprint density at radius 2 is 1.68 bits per heavy atom. The number of rotatable bonds is 7. The van der Waals surface area contributed by atoms with Gasteiger partial charge in [-0.3, -0.25) is 0 Å². The van der Waals surface area contributed by atoms with E-state index in [0.717, 1.165) is 12.3 Å². The number of benzene rings is 1. The summed E-state index contributed by atoms with van der Waals surface area (Å²) < 4.78 is 62.5. The molecule has 2 N–H and O–H groups in total. The molecule has 0 aromatic heterocycles. The molecule has 0 radical (unpaired) electrons. The van der Waals surface area contributed by atoms with Crippen molar-refractivity contribution in [3.8, 4) is 0 Å². The van der Waals surface area contributed by atoms with Gasteiger partial charge in [0.25, 0.3) is 0 Å². The highest BCUT2D eigenvalue weighted by Crippen LogP contribution is 2.13. The van der Waals surface area contributed by atoms with Gasteiger partial charge in [0.1, 0.15) is 5.82 Å². The standard InChI is InChI=1S/C11H15F3N2O2S/c1-19(17,18)16-4-2-3-15-7-8-5-10(13)11(14)6-9(8)12/h5-6,15-16H,2-4,7H2,1H3. The molecule has 8 heteroatoms. The molecule has 1 rings (SSSR count). The second-order valence-electron chi connectivity index (χ2n) is 4.05. The van der Waals surface area contributed by atoms with Crippen molar-refractivity contribution in [2.24, 2.45) is 0 Å². The normalized spacial score (nSPS) is 11.8. The fourth-order valence-electron chi connectivity index (χ4n) is 1.39. The third-order valence-corrected chi connectivity index (χ3v) is 3.03. The third kappa shape index (κ3) is 6.04. The van der Waals surface area contributed by atoms with Gasteiger partial charge >= 0.3 is 0 Å². The minimum Gasteiger partial charge on any atom is -0.313 e. The molecule has 0 aliphatic heterocycles. The Balaban J connectivity index is 2.32. The molecule has 1 aromatic rings. The second-order valence-corrected chi connectivity index (χ2v) is 5.89. The zero-order valence-electron chi connectivity index (χ0n) is 10.3. The minimum absolute atomic E-state index is 0.0231. The molecule has 0 aliphatic rings. The highest BCUT2D eigenvalue weighted by Gasteiger charge is 2.09. The van der Waals surface area contributed by atoms with E-state index in [4.69, 9.17) is 0 Å². The summed E-state index contributed by atoms with van der Waals surface area (Å²) in [6.45, 7) is 0.717. The lowest BCUT2D eigenvalue weighted by atomic mass is 10.2. The van der Waals surface area contributed by atoms with Crippen LogP contribution in [-0.2, 0) is 16.6 Å². The molecule has 1 aromatic carbocycles. The molecule has 0 saturated carbocycles. The lowest BCUT2D eigenvalue weighted by Crippen LogP contribution is -2.26. The summed E-state index contributed by atoms with van der Waals surface area (Å²) in [5.74, 6) is -3.14. The van der Waals surface area contributed by atoms with Crippen LogP contribution in [0.3, 0.4) is 0 Å². The topological polar surface area (TPSA) is 58.2 Å². The zero-order chi connectivity index (χ0) is 14.5. The van der Waals surface area contributed by atoms with E-state index < -0.39 is 27.5 Å². The molecular formula is C11H15F3N2O2S. The maximum atomic E-state index is 13.2. The smallest absolute Gasteiger partial charge is 0.208 e. The van der Waals surface area contributed by atoms with Gasteiger partial charge in [-0.15, -0.1) is 0 Å². The van der Waals surface area contributed by atoms with Gasteiger partial charge in [0.15, 0.2) is 11.6 Å². The highest BCUT2D eigenvalue weighted by molar-refractivity contribution is 7.88. The van der Waals surface area contributed by atoms with E-state index in [0.29, 0.717) is 19.0 Å². The maximum Gasteiger partial charge on any atom is 0.208 e. The Kier molecular flexibility index (Phi) is 5.77. The van der Waals surface area contributed by atoms with Crippen molar-refractivity contribution >= 4 is 10.0 Å². The predicted octanol–water partition coefficient (Wildman–Crippen LogP) is 1.13. The first kappa shape index (κ1) is 15.9. The van der Waals surface area contributed by atoms with Crippen molar-refractivity contribution < 1.29 is 21.6 Å². The van der Waals surface area contributed by atoms with Crippen LogP contribution in [0, 0.1) is 17.5 Å². The van der Waals surface area contributed by atoms with Crippen molar-refractivity contribution in [2.75, 3.05) is 19.3 Å². The molecule has 0 unspecified atom stereocenters. The summed E-state index contributed by atoms with van der Waals surface area (Å²) in [7, 11) is -3.21. The van der Waals surface area contributed by atoms with Crippen LogP contribution in [0.2, 0.25) is 0 Å². The Morgan fingerprint density at radius 1 is 1.05 bits per heavy atom. The lowest BCUT2D eigenvalue weighted by molar-refractivity contribution is 0.486.